The third-order valence-corrected chi connectivity index (χ3v) is 2.56. The first-order valence-corrected chi connectivity index (χ1v) is 5.45. The Morgan fingerprint density at radius 2 is 2.05 bits per heavy atom. The van der Waals surface area contributed by atoms with Crippen LogP contribution in [0.5, 0.6) is 5.75 Å². The summed E-state index contributed by atoms with van der Waals surface area (Å²) in [5, 5.41) is 9.11. The molecule has 0 saturated carbocycles. The van der Waals surface area contributed by atoms with Gasteiger partial charge in [0.15, 0.2) is 5.92 Å². The van der Waals surface area contributed by atoms with Gasteiger partial charge in [-0.15, -0.1) is 0 Å². The highest BCUT2D eigenvalue weighted by atomic mass is 19.4. The van der Waals surface area contributed by atoms with E-state index in [0.29, 0.717) is 10.9 Å². The van der Waals surface area contributed by atoms with Crippen LogP contribution in [0.4, 0.5) is 13.2 Å². The molecule has 0 aliphatic heterocycles. The zero-order valence-electron chi connectivity index (χ0n) is 9.69. The summed E-state index contributed by atoms with van der Waals surface area (Å²) in [5.74, 6) is -1.85. The number of pyridine rings is 1. The summed E-state index contributed by atoms with van der Waals surface area (Å²) in [4.78, 5) is 4.07. The van der Waals surface area contributed by atoms with E-state index in [1.165, 1.54) is 6.07 Å². The molecule has 19 heavy (non-hydrogen) atoms. The fraction of sp³-hybridized carbons (Fsp3) is 0.231. The van der Waals surface area contributed by atoms with Gasteiger partial charge in [0.1, 0.15) is 12.4 Å². The van der Waals surface area contributed by atoms with Crippen molar-refractivity contribution in [2.75, 3.05) is 6.61 Å². The molecule has 0 aliphatic carbocycles. The number of rotatable bonds is 3. The molecule has 0 saturated heterocycles. The molecule has 1 unspecified atom stereocenters. The van der Waals surface area contributed by atoms with Crippen molar-refractivity contribution in [2.24, 2.45) is 5.92 Å². The van der Waals surface area contributed by atoms with E-state index < -0.39 is 18.7 Å². The number of fused-ring (bicyclic) bond motifs is 1. The second-order valence-corrected chi connectivity index (χ2v) is 3.86. The molecule has 1 aromatic carbocycles. The number of aromatic nitrogens is 1. The lowest BCUT2D eigenvalue weighted by Crippen LogP contribution is -2.27. The van der Waals surface area contributed by atoms with Gasteiger partial charge in [0.25, 0.3) is 0 Å². The number of alkyl halides is 3. The topological polar surface area (TPSA) is 45.9 Å². The molecule has 0 aliphatic rings. The Hall–Kier alpha value is -2.29. The molecule has 1 heterocycles. The predicted molar refractivity (Wildman–Crippen MR) is 62.4 cm³/mol. The van der Waals surface area contributed by atoms with Crippen molar-refractivity contribution in [2.45, 2.75) is 6.18 Å². The lowest BCUT2D eigenvalue weighted by molar-refractivity contribution is -0.165. The van der Waals surface area contributed by atoms with Gasteiger partial charge in [-0.2, -0.15) is 18.4 Å². The summed E-state index contributed by atoms with van der Waals surface area (Å²) in [6, 6.07) is 9.48. The average Bonchev–Trinajstić information content (AvgIpc) is 2.38. The van der Waals surface area contributed by atoms with Gasteiger partial charge in [-0.25, -0.2) is 0 Å². The maximum absolute atomic E-state index is 12.4. The maximum atomic E-state index is 12.4. The van der Waals surface area contributed by atoms with E-state index >= 15 is 0 Å². The van der Waals surface area contributed by atoms with Gasteiger partial charge in [0, 0.05) is 11.6 Å². The highest BCUT2D eigenvalue weighted by Gasteiger charge is 2.40. The van der Waals surface area contributed by atoms with Crippen LogP contribution >= 0.6 is 0 Å². The van der Waals surface area contributed by atoms with Crippen LogP contribution in [0.25, 0.3) is 10.9 Å². The molecule has 2 rings (SSSR count). The molecular weight excluding hydrogens is 257 g/mol. The van der Waals surface area contributed by atoms with E-state index in [2.05, 4.69) is 4.98 Å². The van der Waals surface area contributed by atoms with Crippen LogP contribution in [0.1, 0.15) is 0 Å². The van der Waals surface area contributed by atoms with Gasteiger partial charge in [0.05, 0.1) is 11.6 Å². The lowest BCUT2D eigenvalue weighted by atomic mass is 10.1. The zero-order valence-corrected chi connectivity index (χ0v) is 9.69. The summed E-state index contributed by atoms with van der Waals surface area (Å²) in [7, 11) is 0. The van der Waals surface area contributed by atoms with Crippen molar-refractivity contribution < 1.29 is 17.9 Å². The first-order valence-electron chi connectivity index (χ1n) is 5.45. The predicted octanol–water partition coefficient (Wildman–Crippen LogP) is 3.32. The molecule has 1 atom stereocenters. The molecule has 0 N–H and O–H groups in total. The minimum absolute atomic E-state index is 0.287. The minimum atomic E-state index is -4.59. The standard InChI is InChI=1S/C13H9F3N2O/c14-13(15,16)9(7-17)8-19-12-5-1-4-11-10(12)3-2-6-18-11/h1-6,9H,8H2. The zero-order chi connectivity index (χ0) is 13.9. The van der Waals surface area contributed by atoms with Crippen molar-refractivity contribution in [1.29, 1.82) is 5.26 Å². The molecule has 0 spiro atoms. The van der Waals surface area contributed by atoms with Crippen LogP contribution in [-0.2, 0) is 0 Å². The van der Waals surface area contributed by atoms with E-state index in [1.54, 1.807) is 36.5 Å². The Balaban J connectivity index is 2.21. The van der Waals surface area contributed by atoms with Crippen molar-refractivity contribution in [3.05, 3.63) is 36.5 Å². The first-order chi connectivity index (χ1) is 9.02. The van der Waals surface area contributed by atoms with Crippen LogP contribution < -0.4 is 4.74 Å². The number of benzene rings is 1. The van der Waals surface area contributed by atoms with E-state index in [4.69, 9.17) is 10.00 Å². The van der Waals surface area contributed by atoms with Crippen LogP contribution in [0.3, 0.4) is 0 Å². The molecule has 2 aromatic rings. The molecule has 0 fully saturated rings. The van der Waals surface area contributed by atoms with E-state index in [1.807, 2.05) is 0 Å². The quantitative estimate of drug-likeness (QED) is 0.856. The van der Waals surface area contributed by atoms with Gasteiger partial charge < -0.3 is 4.74 Å². The van der Waals surface area contributed by atoms with Crippen LogP contribution in [0, 0.1) is 17.2 Å². The molecule has 0 bridgehead atoms. The van der Waals surface area contributed by atoms with Crippen LogP contribution in [-0.4, -0.2) is 17.8 Å². The summed E-state index contributed by atoms with van der Waals surface area (Å²) < 4.78 is 42.4. The normalized spacial score (nSPS) is 12.9. The number of hydrogen-bond donors (Lipinski definition) is 0. The number of ether oxygens (including phenoxy) is 1. The third kappa shape index (κ3) is 2.94. The van der Waals surface area contributed by atoms with Gasteiger partial charge in [-0.1, -0.05) is 6.07 Å². The number of nitriles is 1. The van der Waals surface area contributed by atoms with Crippen molar-refractivity contribution in [3.8, 4) is 11.8 Å². The van der Waals surface area contributed by atoms with E-state index in [0.717, 1.165) is 0 Å². The second-order valence-electron chi connectivity index (χ2n) is 3.86. The van der Waals surface area contributed by atoms with Gasteiger partial charge >= 0.3 is 6.18 Å². The largest absolute Gasteiger partial charge is 0.491 e. The molecular formula is C13H9F3N2O. The Kier molecular flexibility index (Phi) is 3.56. The smallest absolute Gasteiger partial charge is 0.407 e. The minimum Gasteiger partial charge on any atom is -0.491 e. The molecule has 6 heteroatoms. The first kappa shape index (κ1) is 13.1. The third-order valence-electron chi connectivity index (χ3n) is 2.56. The van der Waals surface area contributed by atoms with Crippen molar-refractivity contribution >= 4 is 10.9 Å². The second kappa shape index (κ2) is 5.14. The van der Waals surface area contributed by atoms with Crippen LogP contribution in [0.2, 0.25) is 0 Å². The molecule has 98 valence electrons. The number of halogens is 3. The van der Waals surface area contributed by atoms with Crippen molar-refractivity contribution in [3.63, 3.8) is 0 Å². The summed E-state index contributed by atoms with van der Waals surface area (Å²) >= 11 is 0. The Labute approximate surface area is 107 Å². The summed E-state index contributed by atoms with van der Waals surface area (Å²) in [6.45, 7) is -0.728. The summed E-state index contributed by atoms with van der Waals surface area (Å²) in [6.07, 6.45) is -3.00. The lowest BCUT2D eigenvalue weighted by Gasteiger charge is -2.15. The Bertz CT molecular complexity index is 614. The fourth-order valence-corrected chi connectivity index (χ4v) is 1.58. The van der Waals surface area contributed by atoms with Gasteiger partial charge in [-0.3, -0.25) is 4.98 Å². The highest BCUT2D eigenvalue weighted by molar-refractivity contribution is 5.84. The van der Waals surface area contributed by atoms with Gasteiger partial charge in [0.2, 0.25) is 0 Å². The Morgan fingerprint density at radius 3 is 2.74 bits per heavy atom. The Morgan fingerprint density at radius 1 is 1.26 bits per heavy atom. The van der Waals surface area contributed by atoms with Crippen molar-refractivity contribution in [1.82, 2.24) is 4.98 Å². The average molecular weight is 266 g/mol. The molecule has 1 aromatic heterocycles. The molecule has 3 nitrogen and oxygen atoms in total. The monoisotopic (exact) mass is 266 g/mol. The number of nitrogens with zero attached hydrogens (tertiary/aromatic N) is 2. The maximum Gasteiger partial charge on any atom is 0.407 e. The van der Waals surface area contributed by atoms with Crippen LogP contribution in [0.15, 0.2) is 36.5 Å². The van der Waals surface area contributed by atoms with E-state index in [9.17, 15) is 13.2 Å². The van der Waals surface area contributed by atoms with Gasteiger partial charge in [-0.05, 0) is 24.3 Å². The molecule has 0 amide bonds. The van der Waals surface area contributed by atoms with E-state index in [-0.39, 0.29) is 5.75 Å². The SMILES string of the molecule is N#CC(COc1cccc2ncccc12)C(F)(F)F. The molecule has 0 radical (unpaired) electrons. The number of hydrogen-bond acceptors (Lipinski definition) is 3. The highest BCUT2D eigenvalue weighted by Crippen LogP contribution is 2.28. The fourth-order valence-electron chi connectivity index (χ4n) is 1.58. The summed E-state index contributed by atoms with van der Waals surface area (Å²) in [5.41, 5.74) is 0.625.